The number of rotatable bonds is 5. The molecule has 0 unspecified atom stereocenters. The van der Waals surface area contributed by atoms with Gasteiger partial charge in [-0.1, -0.05) is 26.8 Å². The zero-order chi connectivity index (χ0) is 25.6. The molecule has 0 atom stereocenters. The number of aryl methyl sites for hydroxylation is 2. The Bertz CT molecular complexity index is 1560. The zero-order valence-electron chi connectivity index (χ0n) is 22.2. The highest BCUT2D eigenvalue weighted by Gasteiger charge is 2.23. The summed E-state index contributed by atoms with van der Waals surface area (Å²) in [6.45, 7) is 12.6. The van der Waals surface area contributed by atoms with Crippen molar-refractivity contribution in [2.24, 2.45) is 0 Å². The number of fused-ring (bicyclic) bond motifs is 1. The number of aromatic nitrogens is 6. The molecule has 0 fully saturated rings. The van der Waals surface area contributed by atoms with Crippen molar-refractivity contribution in [3.05, 3.63) is 77.5 Å². The predicted octanol–water partition coefficient (Wildman–Crippen LogP) is 6.40. The van der Waals surface area contributed by atoms with Crippen LogP contribution in [0.3, 0.4) is 0 Å². The summed E-state index contributed by atoms with van der Waals surface area (Å²) in [5, 5.41) is 9.46. The monoisotopic (exact) mass is 517 g/mol. The molecular weight excluding hydrogens is 486 g/mol. The molecule has 0 aliphatic rings. The van der Waals surface area contributed by atoms with Crippen LogP contribution < -0.4 is 10.1 Å². The minimum absolute atomic E-state index is 0. The lowest BCUT2D eigenvalue weighted by atomic mass is 9.92. The van der Waals surface area contributed by atoms with Crippen molar-refractivity contribution in [1.29, 1.82) is 0 Å². The van der Waals surface area contributed by atoms with Crippen LogP contribution >= 0.6 is 12.4 Å². The Labute approximate surface area is 223 Å². The normalized spacial score (nSPS) is 11.4. The van der Waals surface area contributed by atoms with Gasteiger partial charge in [0.05, 0.1) is 23.9 Å². The third kappa shape index (κ3) is 4.76. The second kappa shape index (κ2) is 9.86. The SMILES string of the molecule is COc1ccc(-n2nc(C(C)(C)C)cc2Nc2ncnc3c2c(C)c(C)n3-c2cccc(C)n2)cc1.Cl. The van der Waals surface area contributed by atoms with Gasteiger partial charge < -0.3 is 10.1 Å². The molecule has 192 valence electrons. The maximum Gasteiger partial charge on any atom is 0.151 e. The minimum Gasteiger partial charge on any atom is -0.497 e. The number of pyridine rings is 1. The topological polar surface area (TPSA) is 82.7 Å². The smallest absolute Gasteiger partial charge is 0.151 e. The fourth-order valence-electron chi connectivity index (χ4n) is 4.31. The number of methoxy groups -OCH3 is 1. The van der Waals surface area contributed by atoms with E-state index in [2.05, 4.69) is 60.5 Å². The lowest BCUT2D eigenvalue weighted by molar-refractivity contribution is 0.414. The maximum absolute atomic E-state index is 5.34. The van der Waals surface area contributed by atoms with E-state index in [1.807, 2.05) is 54.1 Å². The second-order valence-electron chi connectivity index (χ2n) is 10.0. The molecule has 0 saturated heterocycles. The molecule has 0 bridgehead atoms. The number of nitrogens with zero attached hydrogens (tertiary/aromatic N) is 6. The Morgan fingerprint density at radius 1 is 0.946 bits per heavy atom. The fourth-order valence-corrected chi connectivity index (χ4v) is 4.31. The Hall–Kier alpha value is -3.91. The van der Waals surface area contributed by atoms with E-state index in [4.69, 9.17) is 14.8 Å². The molecule has 0 radical (unpaired) electrons. The van der Waals surface area contributed by atoms with Crippen molar-refractivity contribution in [3.8, 4) is 17.3 Å². The molecule has 1 aromatic carbocycles. The third-order valence-electron chi connectivity index (χ3n) is 6.44. The second-order valence-corrected chi connectivity index (χ2v) is 10.0. The number of ether oxygens (including phenoxy) is 1. The van der Waals surface area contributed by atoms with Crippen LogP contribution in [0.15, 0.2) is 54.9 Å². The van der Waals surface area contributed by atoms with Gasteiger partial charge in [-0.15, -0.1) is 12.4 Å². The summed E-state index contributed by atoms with van der Waals surface area (Å²) in [5.41, 5.74) is 5.72. The van der Waals surface area contributed by atoms with Crippen LogP contribution in [0.2, 0.25) is 0 Å². The average molecular weight is 518 g/mol. The third-order valence-corrected chi connectivity index (χ3v) is 6.44. The van der Waals surface area contributed by atoms with Gasteiger partial charge in [0, 0.05) is 22.9 Å². The number of anilines is 2. The van der Waals surface area contributed by atoms with Gasteiger partial charge in [0.1, 0.15) is 29.5 Å². The lowest BCUT2D eigenvalue weighted by Crippen LogP contribution is -2.12. The number of hydrogen-bond donors (Lipinski definition) is 1. The first-order valence-electron chi connectivity index (χ1n) is 12.0. The van der Waals surface area contributed by atoms with E-state index in [0.29, 0.717) is 0 Å². The highest BCUT2D eigenvalue weighted by molar-refractivity contribution is 5.94. The van der Waals surface area contributed by atoms with Crippen LogP contribution in [0.25, 0.3) is 22.5 Å². The van der Waals surface area contributed by atoms with Crippen molar-refractivity contribution in [2.45, 2.75) is 47.0 Å². The maximum atomic E-state index is 5.34. The van der Waals surface area contributed by atoms with E-state index >= 15 is 0 Å². The highest BCUT2D eigenvalue weighted by Crippen LogP contribution is 2.34. The van der Waals surface area contributed by atoms with Gasteiger partial charge in [0.2, 0.25) is 0 Å². The molecule has 9 heteroatoms. The molecule has 0 aliphatic heterocycles. The van der Waals surface area contributed by atoms with Crippen LogP contribution in [0.5, 0.6) is 5.75 Å². The van der Waals surface area contributed by atoms with Gasteiger partial charge in [0.25, 0.3) is 0 Å². The number of benzene rings is 1. The standard InChI is InChI=1S/C28H31N7O.ClH/c1-17-9-8-10-23(31-17)34-19(3)18(2)25-26(29-16-30-27(25)34)32-24-15-22(28(4,5)6)33-35(24)20-11-13-21(36-7)14-12-20;/h8-16H,1-7H3,(H,29,30,32);1H. The fraction of sp³-hybridized carbons (Fsp3) is 0.286. The average Bonchev–Trinajstić information content (AvgIpc) is 3.39. The van der Waals surface area contributed by atoms with Gasteiger partial charge in [-0.3, -0.25) is 4.57 Å². The molecule has 4 aromatic heterocycles. The molecule has 37 heavy (non-hydrogen) atoms. The molecule has 4 heterocycles. The summed E-state index contributed by atoms with van der Waals surface area (Å²) < 4.78 is 9.34. The molecule has 0 aliphatic carbocycles. The summed E-state index contributed by atoms with van der Waals surface area (Å²) in [6, 6.07) is 15.9. The van der Waals surface area contributed by atoms with Crippen molar-refractivity contribution < 1.29 is 4.74 Å². The van der Waals surface area contributed by atoms with Gasteiger partial charge in [-0.05, 0) is 62.7 Å². The van der Waals surface area contributed by atoms with E-state index in [9.17, 15) is 0 Å². The molecule has 0 spiro atoms. The Morgan fingerprint density at radius 2 is 1.68 bits per heavy atom. The first-order valence-corrected chi connectivity index (χ1v) is 12.0. The minimum atomic E-state index is -0.123. The summed E-state index contributed by atoms with van der Waals surface area (Å²) in [4.78, 5) is 14.0. The predicted molar refractivity (Wildman–Crippen MR) is 150 cm³/mol. The molecule has 0 amide bonds. The molecule has 0 saturated carbocycles. The van der Waals surface area contributed by atoms with Crippen molar-refractivity contribution in [2.75, 3.05) is 12.4 Å². The van der Waals surface area contributed by atoms with Crippen LogP contribution in [0.1, 0.15) is 43.4 Å². The lowest BCUT2D eigenvalue weighted by Gasteiger charge is -2.14. The van der Waals surface area contributed by atoms with Crippen molar-refractivity contribution in [3.63, 3.8) is 0 Å². The summed E-state index contributed by atoms with van der Waals surface area (Å²) in [5.74, 6) is 3.19. The first kappa shape index (κ1) is 26.2. The van der Waals surface area contributed by atoms with Crippen molar-refractivity contribution in [1.82, 2.24) is 29.3 Å². The van der Waals surface area contributed by atoms with E-state index in [1.54, 1.807) is 13.4 Å². The summed E-state index contributed by atoms with van der Waals surface area (Å²) in [7, 11) is 1.66. The van der Waals surface area contributed by atoms with Crippen LogP contribution in [-0.2, 0) is 5.41 Å². The largest absolute Gasteiger partial charge is 0.497 e. The van der Waals surface area contributed by atoms with Crippen LogP contribution in [-0.4, -0.2) is 36.4 Å². The number of nitrogens with one attached hydrogen (secondary N) is 1. The van der Waals surface area contributed by atoms with Gasteiger partial charge in [-0.2, -0.15) is 5.10 Å². The van der Waals surface area contributed by atoms with Gasteiger partial charge >= 0.3 is 0 Å². The molecule has 1 N–H and O–H groups in total. The quantitative estimate of drug-likeness (QED) is 0.290. The Balaban J connectivity index is 0.00000320. The summed E-state index contributed by atoms with van der Waals surface area (Å²) >= 11 is 0. The Kier molecular flexibility index (Phi) is 6.97. The van der Waals surface area contributed by atoms with Crippen molar-refractivity contribution >= 4 is 35.1 Å². The summed E-state index contributed by atoms with van der Waals surface area (Å²) in [6.07, 6.45) is 1.59. The van der Waals surface area contributed by atoms with E-state index < -0.39 is 0 Å². The number of halogens is 1. The molecule has 8 nitrogen and oxygen atoms in total. The van der Waals surface area contributed by atoms with Crippen LogP contribution in [0, 0.1) is 20.8 Å². The van der Waals surface area contributed by atoms with Crippen LogP contribution in [0.4, 0.5) is 11.6 Å². The van der Waals surface area contributed by atoms with Gasteiger partial charge in [0.15, 0.2) is 5.65 Å². The van der Waals surface area contributed by atoms with E-state index in [0.717, 1.165) is 62.6 Å². The molecular formula is C28H32ClN7O. The van der Waals surface area contributed by atoms with E-state index in [-0.39, 0.29) is 17.8 Å². The Morgan fingerprint density at radius 3 is 2.32 bits per heavy atom. The molecule has 5 rings (SSSR count). The number of hydrogen-bond acceptors (Lipinski definition) is 6. The first-order chi connectivity index (χ1) is 17.2. The van der Waals surface area contributed by atoms with E-state index in [1.165, 1.54) is 0 Å². The highest BCUT2D eigenvalue weighted by atomic mass is 35.5. The molecule has 5 aromatic rings. The van der Waals surface area contributed by atoms with Gasteiger partial charge in [-0.25, -0.2) is 19.6 Å². The zero-order valence-corrected chi connectivity index (χ0v) is 23.0.